The largest absolute Gasteiger partial charge is 0.472 e. The number of esters is 3. The molecule has 2 saturated heterocycles. The highest BCUT2D eigenvalue weighted by Gasteiger charge is 2.80. The SMILES string of the molecule is CC(=O)OC1[C@@H](OC(C)=O)[C@@H](C)C2(C[C@@H](c3ccoc3)O[C@H]2OC(C)=O)C2CCCC3(CO3)C12CO. The Morgan fingerprint density at radius 1 is 1.11 bits per heavy atom. The first-order chi connectivity index (χ1) is 17.1. The van der Waals surface area contributed by atoms with E-state index in [1.54, 1.807) is 18.6 Å². The molecule has 1 aromatic rings. The Labute approximate surface area is 209 Å². The fourth-order valence-electron chi connectivity index (χ4n) is 7.73. The van der Waals surface area contributed by atoms with E-state index >= 15 is 0 Å². The molecule has 3 heterocycles. The first kappa shape index (κ1) is 25.2. The summed E-state index contributed by atoms with van der Waals surface area (Å²) in [6.45, 7) is 5.88. The standard InChI is InChI=1S/C26H34O10/c1-14-21(33-15(2)28)22(34-16(3)29)26(12-27)20(6-5-8-24(26)13-32-24)25(14)10-19(18-7-9-31-11-18)36-23(25)35-17(4)30/h7,9,11,14,19-23,27H,5-6,8,10,12-13H2,1-4H3/t14-,19+,20?,21+,22?,23-,24?,25?,26?/m1/s1. The maximum atomic E-state index is 12.4. The van der Waals surface area contributed by atoms with E-state index in [2.05, 4.69) is 0 Å². The molecule has 4 aliphatic rings. The number of fused-ring (bicyclic) bond motifs is 3. The third-order valence-electron chi connectivity index (χ3n) is 9.14. The van der Waals surface area contributed by atoms with Crippen LogP contribution in [0.15, 0.2) is 23.0 Å². The summed E-state index contributed by atoms with van der Waals surface area (Å²) in [6.07, 6.45) is 2.44. The summed E-state index contributed by atoms with van der Waals surface area (Å²) in [5.41, 5.74) is -1.90. The number of aliphatic hydroxyl groups is 1. The third-order valence-corrected chi connectivity index (χ3v) is 9.14. The van der Waals surface area contributed by atoms with Crippen LogP contribution in [-0.4, -0.2) is 60.3 Å². The molecule has 2 spiro atoms. The fourth-order valence-corrected chi connectivity index (χ4v) is 7.73. The molecule has 0 aromatic carbocycles. The average Bonchev–Trinajstić information content (AvgIpc) is 3.22. The van der Waals surface area contributed by atoms with Crippen molar-refractivity contribution >= 4 is 17.9 Å². The molecule has 10 heteroatoms. The molecule has 36 heavy (non-hydrogen) atoms. The van der Waals surface area contributed by atoms with Gasteiger partial charge in [0, 0.05) is 37.7 Å². The minimum Gasteiger partial charge on any atom is -0.472 e. The van der Waals surface area contributed by atoms with Crippen molar-refractivity contribution < 1.29 is 47.6 Å². The normalized spacial score (nSPS) is 43.1. The second-order valence-corrected chi connectivity index (χ2v) is 10.8. The maximum absolute atomic E-state index is 12.4. The first-order valence-corrected chi connectivity index (χ1v) is 12.6. The molecular weight excluding hydrogens is 472 g/mol. The Kier molecular flexibility index (Phi) is 6.20. The number of hydrogen-bond acceptors (Lipinski definition) is 10. The Balaban J connectivity index is 1.72. The Bertz CT molecular complexity index is 1020. The zero-order valence-corrected chi connectivity index (χ0v) is 21.1. The number of ether oxygens (including phenoxy) is 5. The van der Waals surface area contributed by atoms with Crippen molar-refractivity contribution in [3.05, 3.63) is 24.2 Å². The lowest BCUT2D eigenvalue weighted by Gasteiger charge is -2.64. The predicted molar refractivity (Wildman–Crippen MR) is 121 cm³/mol. The van der Waals surface area contributed by atoms with Gasteiger partial charge in [0.2, 0.25) is 6.29 Å². The van der Waals surface area contributed by atoms with Crippen molar-refractivity contribution in [2.24, 2.45) is 22.7 Å². The van der Waals surface area contributed by atoms with E-state index in [-0.39, 0.29) is 12.5 Å². The van der Waals surface area contributed by atoms with Crippen molar-refractivity contribution in [2.45, 2.75) is 83.6 Å². The van der Waals surface area contributed by atoms with Crippen LogP contribution in [-0.2, 0) is 38.1 Å². The minimum absolute atomic E-state index is 0.321. The summed E-state index contributed by atoms with van der Waals surface area (Å²) >= 11 is 0. The van der Waals surface area contributed by atoms with E-state index in [0.29, 0.717) is 25.9 Å². The molecule has 1 N–H and O–H groups in total. The number of aliphatic hydroxyl groups excluding tert-OH is 1. The van der Waals surface area contributed by atoms with Gasteiger partial charge in [0.15, 0.2) is 0 Å². The quantitative estimate of drug-likeness (QED) is 0.361. The topological polar surface area (TPSA) is 134 Å². The summed E-state index contributed by atoms with van der Waals surface area (Å²) in [4.78, 5) is 37.0. The van der Waals surface area contributed by atoms with Gasteiger partial charge in [-0.15, -0.1) is 0 Å². The molecule has 1 aromatic heterocycles. The van der Waals surface area contributed by atoms with Gasteiger partial charge >= 0.3 is 17.9 Å². The number of hydrogen-bond donors (Lipinski definition) is 1. The summed E-state index contributed by atoms with van der Waals surface area (Å²) in [7, 11) is 0. The monoisotopic (exact) mass is 506 g/mol. The molecule has 0 bridgehead atoms. The lowest BCUT2D eigenvalue weighted by atomic mass is 9.41. The molecule has 0 radical (unpaired) electrons. The number of furan rings is 1. The molecular formula is C26H34O10. The number of rotatable bonds is 5. The van der Waals surface area contributed by atoms with E-state index in [4.69, 9.17) is 28.1 Å². The minimum atomic E-state index is -1.09. The molecule has 4 fully saturated rings. The molecule has 10 nitrogen and oxygen atoms in total. The van der Waals surface area contributed by atoms with Crippen molar-refractivity contribution in [3.8, 4) is 0 Å². The van der Waals surface area contributed by atoms with Crippen LogP contribution < -0.4 is 0 Å². The van der Waals surface area contributed by atoms with Gasteiger partial charge in [-0.3, -0.25) is 14.4 Å². The van der Waals surface area contributed by atoms with Crippen molar-refractivity contribution in [2.75, 3.05) is 13.2 Å². The van der Waals surface area contributed by atoms with Gasteiger partial charge in [-0.2, -0.15) is 0 Å². The molecule has 0 amide bonds. The van der Waals surface area contributed by atoms with Crippen molar-refractivity contribution in [1.82, 2.24) is 0 Å². The van der Waals surface area contributed by atoms with E-state index < -0.39 is 64.9 Å². The van der Waals surface area contributed by atoms with Gasteiger partial charge in [-0.25, -0.2) is 0 Å². The molecule has 9 atom stereocenters. The highest BCUT2D eigenvalue weighted by molar-refractivity contribution is 5.68. The van der Waals surface area contributed by atoms with Crippen LogP contribution in [0.1, 0.15) is 65.0 Å². The zero-order valence-electron chi connectivity index (χ0n) is 21.1. The second-order valence-electron chi connectivity index (χ2n) is 10.8. The van der Waals surface area contributed by atoms with Crippen molar-refractivity contribution in [1.29, 1.82) is 0 Å². The predicted octanol–water partition coefficient (Wildman–Crippen LogP) is 2.68. The summed E-state index contributed by atoms with van der Waals surface area (Å²) in [5, 5.41) is 11.2. The Morgan fingerprint density at radius 2 is 1.81 bits per heavy atom. The van der Waals surface area contributed by atoms with E-state index in [1.165, 1.54) is 20.8 Å². The summed E-state index contributed by atoms with van der Waals surface area (Å²) in [6, 6.07) is 1.80. The van der Waals surface area contributed by atoms with Crippen LogP contribution in [0.4, 0.5) is 0 Å². The second kappa shape index (κ2) is 8.85. The van der Waals surface area contributed by atoms with E-state index in [0.717, 1.165) is 12.0 Å². The highest BCUT2D eigenvalue weighted by atomic mass is 16.7. The van der Waals surface area contributed by atoms with Gasteiger partial charge in [0.25, 0.3) is 0 Å². The van der Waals surface area contributed by atoms with Crippen molar-refractivity contribution in [3.63, 3.8) is 0 Å². The Morgan fingerprint density at radius 3 is 2.36 bits per heavy atom. The van der Waals surface area contributed by atoms with Crippen LogP contribution in [0.5, 0.6) is 0 Å². The molecule has 5 unspecified atom stereocenters. The lowest BCUT2D eigenvalue weighted by Crippen LogP contribution is -2.73. The molecule has 2 saturated carbocycles. The molecule has 5 rings (SSSR count). The van der Waals surface area contributed by atoms with Gasteiger partial charge in [0.05, 0.1) is 37.3 Å². The maximum Gasteiger partial charge on any atom is 0.304 e. The molecule has 2 aliphatic carbocycles. The number of carbonyl (C=O) groups excluding carboxylic acids is 3. The Hall–Kier alpha value is -2.43. The first-order valence-electron chi connectivity index (χ1n) is 12.6. The zero-order chi connectivity index (χ0) is 25.9. The van der Waals surface area contributed by atoms with Gasteiger partial charge in [-0.1, -0.05) is 13.3 Å². The van der Waals surface area contributed by atoms with Crippen LogP contribution in [0, 0.1) is 22.7 Å². The third kappa shape index (κ3) is 3.52. The number of carbonyl (C=O) groups is 3. The molecule has 198 valence electrons. The van der Waals surface area contributed by atoms with E-state index in [9.17, 15) is 19.5 Å². The van der Waals surface area contributed by atoms with Gasteiger partial charge in [0.1, 0.15) is 17.8 Å². The summed E-state index contributed by atoms with van der Waals surface area (Å²) < 4.78 is 35.4. The number of epoxide rings is 1. The van der Waals surface area contributed by atoms with E-state index in [1.807, 2.05) is 6.92 Å². The van der Waals surface area contributed by atoms with Crippen LogP contribution in [0.25, 0.3) is 0 Å². The smallest absolute Gasteiger partial charge is 0.304 e. The average molecular weight is 507 g/mol. The molecule has 2 aliphatic heterocycles. The summed E-state index contributed by atoms with van der Waals surface area (Å²) in [5.74, 6) is -2.36. The van der Waals surface area contributed by atoms with Crippen LogP contribution in [0.2, 0.25) is 0 Å². The van der Waals surface area contributed by atoms with Crippen LogP contribution in [0.3, 0.4) is 0 Å². The fraction of sp³-hybridized carbons (Fsp3) is 0.731. The van der Waals surface area contributed by atoms with Gasteiger partial charge < -0.3 is 33.2 Å². The van der Waals surface area contributed by atoms with Crippen LogP contribution >= 0.6 is 0 Å². The van der Waals surface area contributed by atoms with Gasteiger partial charge in [-0.05, 0) is 31.2 Å². The lowest BCUT2D eigenvalue weighted by molar-refractivity contribution is -0.297. The highest BCUT2D eigenvalue weighted by Crippen LogP contribution is 2.72.